The molecule has 0 spiro atoms. The average molecular weight is 153 g/mol. The van der Waals surface area contributed by atoms with Crippen LogP contribution in [-0.2, 0) is 0 Å². The minimum Gasteiger partial charge on any atom is -0.244 e. The average Bonchev–Trinajstić information content (AvgIpc) is 2.03. The molecule has 0 aromatic heterocycles. The zero-order valence-electron chi connectivity index (χ0n) is 7.60. The van der Waals surface area contributed by atoms with E-state index in [1.54, 1.807) is 0 Å². The van der Waals surface area contributed by atoms with E-state index in [-0.39, 0.29) is 0 Å². The van der Waals surface area contributed by atoms with Crippen molar-refractivity contribution in [2.45, 2.75) is 45.4 Å². The van der Waals surface area contributed by atoms with Gasteiger partial charge in [-0.1, -0.05) is 39.0 Å². The Morgan fingerprint density at radius 3 is 2.36 bits per heavy atom. The third-order valence-corrected chi connectivity index (χ3v) is 1.74. The number of aliphatic imine (C=N–C) groups is 1. The Labute approximate surface area is 70.2 Å². The Hall–Kier alpha value is -0.550. The molecular formula is C10H19N. The smallest absolute Gasteiger partial charge is 0.0483 e. The van der Waals surface area contributed by atoms with Gasteiger partial charge in [0.2, 0.25) is 0 Å². The second-order valence-corrected chi connectivity index (χ2v) is 2.81. The van der Waals surface area contributed by atoms with Gasteiger partial charge in [0.15, 0.2) is 0 Å². The van der Waals surface area contributed by atoms with Crippen molar-refractivity contribution in [3.05, 3.63) is 6.58 Å². The van der Waals surface area contributed by atoms with Crippen LogP contribution >= 0.6 is 0 Å². The van der Waals surface area contributed by atoms with Gasteiger partial charge in [-0.2, -0.15) is 0 Å². The zero-order valence-corrected chi connectivity index (χ0v) is 7.60. The van der Waals surface area contributed by atoms with E-state index in [0.717, 1.165) is 6.54 Å². The predicted octanol–water partition coefficient (Wildman–Crippen LogP) is 3.20. The number of hydrogen-bond donors (Lipinski definition) is 0. The molecule has 0 radical (unpaired) electrons. The van der Waals surface area contributed by atoms with Gasteiger partial charge in [-0.3, -0.25) is 0 Å². The summed E-state index contributed by atoms with van der Waals surface area (Å²) in [6, 6.07) is 0. The third kappa shape index (κ3) is 9.45. The van der Waals surface area contributed by atoms with Crippen molar-refractivity contribution in [1.29, 1.82) is 0 Å². The first-order valence-electron chi connectivity index (χ1n) is 4.60. The molecule has 0 aliphatic carbocycles. The molecule has 0 rings (SSSR count). The minimum atomic E-state index is 0.912. The van der Waals surface area contributed by atoms with E-state index in [9.17, 15) is 0 Å². The Kier molecular flexibility index (Phi) is 8.98. The Bertz CT molecular complexity index is 112. The summed E-state index contributed by atoms with van der Waals surface area (Å²) in [5.74, 6) is 2.54. The lowest BCUT2D eigenvalue weighted by Gasteiger charge is -1.96. The van der Waals surface area contributed by atoms with Crippen LogP contribution in [0.25, 0.3) is 0 Å². The van der Waals surface area contributed by atoms with E-state index in [1.807, 2.05) is 0 Å². The maximum absolute atomic E-state index is 3.93. The Morgan fingerprint density at radius 2 is 1.73 bits per heavy atom. The minimum absolute atomic E-state index is 0.912. The van der Waals surface area contributed by atoms with Gasteiger partial charge in [-0.15, -0.1) is 0 Å². The second kappa shape index (κ2) is 9.45. The molecule has 0 atom stereocenters. The molecule has 0 saturated heterocycles. The van der Waals surface area contributed by atoms with Crippen molar-refractivity contribution in [1.82, 2.24) is 0 Å². The van der Waals surface area contributed by atoms with Crippen molar-refractivity contribution in [2.24, 2.45) is 4.99 Å². The fraction of sp³-hybridized carbons (Fsp3) is 0.800. The normalized spacial score (nSPS) is 9.18. The summed E-state index contributed by atoms with van der Waals surface area (Å²) in [7, 11) is 0. The molecule has 0 aliphatic heterocycles. The molecule has 1 heteroatoms. The van der Waals surface area contributed by atoms with Crippen molar-refractivity contribution < 1.29 is 0 Å². The molecular weight excluding hydrogens is 134 g/mol. The molecule has 0 aromatic carbocycles. The summed E-state index contributed by atoms with van der Waals surface area (Å²) in [6.45, 7) is 6.57. The first-order chi connectivity index (χ1) is 5.41. The zero-order chi connectivity index (χ0) is 8.36. The van der Waals surface area contributed by atoms with E-state index in [1.165, 1.54) is 38.5 Å². The summed E-state index contributed by atoms with van der Waals surface area (Å²) in [5.41, 5.74) is 0. The van der Waals surface area contributed by atoms with Crippen LogP contribution in [0.5, 0.6) is 0 Å². The number of nitrogens with zero attached hydrogens (tertiary/aromatic N) is 1. The summed E-state index contributed by atoms with van der Waals surface area (Å²) in [4.78, 5) is 3.93. The highest BCUT2D eigenvalue weighted by Crippen LogP contribution is 2.04. The molecule has 11 heavy (non-hydrogen) atoms. The fourth-order valence-corrected chi connectivity index (χ4v) is 1.05. The topological polar surface area (TPSA) is 12.4 Å². The number of rotatable bonds is 7. The highest BCUT2D eigenvalue weighted by atomic mass is 14.7. The lowest BCUT2D eigenvalue weighted by molar-refractivity contribution is 0.613. The van der Waals surface area contributed by atoms with Crippen LogP contribution in [0.3, 0.4) is 0 Å². The van der Waals surface area contributed by atoms with Gasteiger partial charge >= 0.3 is 0 Å². The first kappa shape index (κ1) is 10.4. The summed E-state index contributed by atoms with van der Waals surface area (Å²) in [5, 5.41) is 0. The van der Waals surface area contributed by atoms with Gasteiger partial charge in [0.25, 0.3) is 0 Å². The van der Waals surface area contributed by atoms with Gasteiger partial charge in [-0.25, -0.2) is 4.99 Å². The third-order valence-electron chi connectivity index (χ3n) is 1.74. The highest BCUT2D eigenvalue weighted by Gasteiger charge is 1.87. The van der Waals surface area contributed by atoms with Crippen LogP contribution in [0.1, 0.15) is 45.4 Å². The van der Waals surface area contributed by atoms with Crippen LogP contribution in [0.2, 0.25) is 0 Å². The standard InChI is InChI=1S/C10H19N/c1-3-5-6-7-8-9-10-11-4-2/h2-3,5-10H2,1H3. The largest absolute Gasteiger partial charge is 0.244 e. The van der Waals surface area contributed by atoms with Gasteiger partial charge in [-0.05, 0) is 18.9 Å². The molecule has 64 valence electrons. The van der Waals surface area contributed by atoms with Crippen molar-refractivity contribution >= 4 is 5.87 Å². The maximum Gasteiger partial charge on any atom is 0.0483 e. The molecule has 0 saturated carbocycles. The monoisotopic (exact) mass is 153 g/mol. The molecule has 0 aromatic rings. The molecule has 0 fully saturated rings. The molecule has 0 aliphatic rings. The van der Waals surface area contributed by atoms with E-state index in [0.29, 0.717) is 0 Å². The van der Waals surface area contributed by atoms with Crippen LogP contribution in [-0.4, -0.2) is 12.4 Å². The van der Waals surface area contributed by atoms with E-state index in [2.05, 4.69) is 24.4 Å². The second-order valence-electron chi connectivity index (χ2n) is 2.81. The van der Waals surface area contributed by atoms with E-state index >= 15 is 0 Å². The van der Waals surface area contributed by atoms with Crippen LogP contribution in [0.15, 0.2) is 11.6 Å². The maximum atomic E-state index is 3.93. The first-order valence-corrected chi connectivity index (χ1v) is 4.60. The fourth-order valence-electron chi connectivity index (χ4n) is 1.05. The summed E-state index contributed by atoms with van der Waals surface area (Å²) >= 11 is 0. The Morgan fingerprint density at radius 1 is 1.09 bits per heavy atom. The molecule has 0 heterocycles. The van der Waals surface area contributed by atoms with Gasteiger partial charge in [0.1, 0.15) is 0 Å². The molecule has 0 unspecified atom stereocenters. The Balaban J connectivity index is 2.84. The lowest BCUT2D eigenvalue weighted by atomic mass is 10.1. The SMILES string of the molecule is C=C=NCCCCCCCC. The van der Waals surface area contributed by atoms with Gasteiger partial charge in [0.05, 0.1) is 0 Å². The van der Waals surface area contributed by atoms with Gasteiger partial charge in [0, 0.05) is 6.54 Å². The molecule has 0 bridgehead atoms. The van der Waals surface area contributed by atoms with Crippen LogP contribution < -0.4 is 0 Å². The van der Waals surface area contributed by atoms with Crippen LogP contribution in [0, 0.1) is 0 Å². The van der Waals surface area contributed by atoms with Crippen molar-refractivity contribution in [3.63, 3.8) is 0 Å². The van der Waals surface area contributed by atoms with Crippen LogP contribution in [0.4, 0.5) is 0 Å². The molecule has 0 amide bonds. The molecule has 0 N–H and O–H groups in total. The molecule has 1 nitrogen and oxygen atoms in total. The summed E-state index contributed by atoms with van der Waals surface area (Å²) < 4.78 is 0. The van der Waals surface area contributed by atoms with E-state index < -0.39 is 0 Å². The van der Waals surface area contributed by atoms with Crippen molar-refractivity contribution in [3.8, 4) is 0 Å². The lowest BCUT2D eigenvalue weighted by Crippen LogP contribution is -1.81. The predicted molar refractivity (Wildman–Crippen MR) is 51.3 cm³/mol. The van der Waals surface area contributed by atoms with Crippen molar-refractivity contribution in [2.75, 3.05) is 6.54 Å². The summed E-state index contributed by atoms with van der Waals surface area (Å²) in [6.07, 6.45) is 7.96. The highest BCUT2D eigenvalue weighted by molar-refractivity contribution is 5.46. The van der Waals surface area contributed by atoms with Gasteiger partial charge < -0.3 is 0 Å². The number of unbranched alkanes of at least 4 members (excludes halogenated alkanes) is 5. The number of hydrogen-bond acceptors (Lipinski definition) is 1. The quantitative estimate of drug-likeness (QED) is 0.393. The van der Waals surface area contributed by atoms with E-state index in [4.69, 9.17) is 0 Å².